The number of ether oxygens (including phenoxy) is 1. The number of hydrogen-bond donors (Lipinski definition) is 1. The minimum atomic E-state index is 0. The molecule has 0 saturated carbocycles. The number of para-hydroxylation sites is 1. The lowest BCUT2D eigenvalue weighted by molar-refractivity contribution is -0.139. The van der Waals surface area contributed by atoms with E-state index in [1.54, 1.807) is 0 Å². The Hall–Kier alpha value is -0.970. The fraction of sp³-hybridized carbons (Fsp3) is 0.562. The second-order valence-corrected chi connectivity index (χ2v) is 6.30. The minimum absolute atomic E-state index is 0. The van der Waals surface area contributed by atoms with E-state index in [9.17, 15) is 4.79 Å². The normalized spacial score (nSPS) is 21.7. The van der Waals surface area contributed by atoms with Crippen molar-refractivity contribution in [2.45, 2.75) is 12.8 Å². The highest BCUT2D eigenvalue weighted by molar-refractivity contribution is 6.32. The number of rotatable bonds is 4. The van der Waals surface area contributed by atoms with Gasteiger partial charge in [-0.2, -0.15) is 0 Å². The molecule has 1 atom stereocenters. The van der Waals surface area contributed by atoms with Gasteiger partial charge in [0.05, 0.1) is 17.5 Å². The number of halogens is 2. The molecular weight excluding hydrogens is 323 g/mol. The highest BCUT2D eigenvalue weighted by atomic mass is 35.5. The van der Waals surface area contributed by atoms with Crippen LogP contribution in [0.5, 0.6) is 5.75 Å². The van der Waals surface area contributed by atoms with Gasteiger partial charge < -0.3 is 15.0 Å². The van der Waals surface area contributed by atoms with Crippen LogP contribution in [0, 0.1) is 11.8 Å². The highest BCUT2D eigenvalue weighted by Crippen LogP contribution is 2.25. The maximum atomic E-state index is 12.3. The number of benzene rings is 1. The van der Waals surface area contributed by atoms with E-state index < -0.39 is 0 Å². The van der Waals surface area contributed by atoms with Crippen molar-refractivity contribution in [3.05, 3.63) is 29.3 Å². The first-order chi connectivity index (χ1) is 10.2. The molecule has 0 aliphatic carbocycles. The van der Waals surface area contributed by atoms with Gasteiger partial charge >= 0.3 is 0 Å². The summed E-state index contributed by atoms with van der Waals surface area (Å²) in [5.41, 5.74) is 0. The lowest BCUT2D eigenvalue weighted by Crippen LogP contribution is -2.54. The third-order valence-corrected chi connectivity index (χ3v) is 4.58. The molecule has 3 rings (SSSR count). The van der Waals surface area contributed by atoms with Crippen LogP contribution < -0.4 is 10.1 Å². The zero-order valence-electron chi connectivity index (χ0n) is 12.5. The van der Waals surface area contributed by atoms with Gasteiger partial charge in [0.25, 0.3) is 0 Å². The third-order valence-electron chi connectivity index (χ3n) is 4.27. The Morgan fingerprint density at radius 2 is 2.14 bits per heavy atom. The highest BCUT2D eigenvalue weighted by Gasteiger charge is 2.32. The van der Waals surface area contributed by atoms with Crippen molar-refractivity contribution in [2.24, 2.45) is 11.8 Å². The maximum absolute atomic E-state index is 12.3. The predicted octanol–water partition coefficient (Wildman–Crippen LogP) is 2.60. The molecule has 1 N–H and O–H groups in total. The molecule has 0 aromatic heterocycles. The number of nitrogens with one attached hydrogen (secondary N) is 1. The first-order valence-electron chi connectivity index (χ1n) is 7.61. The molecule has 0 radical (unpaired) electrons. The van der Waals surface area contributed by atoms with Gasteiger partial charge in [0.2, 0.25) is 5.91 Å². The summed E-state index contributed by atoms with van der Waals surface area (Å²) < 4.78 is 5.82. The molecule has 4 nitrogen and oxygen atoms in total. The maximum Gasteiger partial charge on any atom is 0.228 e. The fourth-order valence-corrected chi connectivity index (χ4v) is 3.08. The van der Waals surface area contributed by atoms with Crippen LogP contribution in [0.1, 0.15) is 12.8 Å². The number of hydrogen-bond acceptors (Lipinski definition) is 3. The molecule has 2 aliphatic heterocycles. The largest absolute Gasteiger partial charge is 0.492 e. The van der Waals surface area contributed by atoms with E-state index in [1.165, 1.54) is 0 Å². The van der Waals surface area contributed by atoms with Gasteiger partial charge in [0.1, 0.15) is 5.75 Å². The summed E-state index contributed by atoms with van der Waals surface area (Å²) in [7, 11) is 0. The monoisotopic (exact) mass is 344 g/mol. The second kappa shape index (κ2) is 8.04. The number of likely N-dealkylation sites (tertiary alicyclic amines) is 1. The fourth-order valence-electron chi connectivity index (χ4n) is 2.89. The van der Waals surface area contributed by atoms with Crippen molar-refractivity contribution in [3.8, 4) is 5.75 Å². The molecule has 22 heavy (non-hydrogen) atoms. The van der Waals surface area contributed by atoms with E-state index in [2.05, 4.69) is 5.32 Å². The number of piperidine rings is 1. The molecule has 0 spiro atoms. The van der Waals surface area contributed by atoms with Crippen molar-refractivity contribution >= 4 is 29.9 Å². The van der Waals surface area contributed by atoms with Gasteiger partial charge in [-0.1, -0.05) is 23.7 Å². The van der Waals surface area contributed by atoms with Gasteiger partial charge in [0.15, 0.2) is 0 Å². The van der Waals surface area contributed by atoms with Crippen LogP contribution in [0.3, 0.4) is 0 Å². The van der Waals surface area contributed by atoms with Gasteiger partial charge in [-0.15, -0.1) is 12.4 Å². The van der Waals surface area contributed by atoms with Crippen molar-refractivity contribution in [3.63, 3.8) is 0 Å². The molecule has 1 aromatic carbocycles. The van der Waals surface area contributed by atoms with Gasteiger partial charge in [-0.25, -0.2) is 0 Å². The average molecular weight is 345 g/mol. The lowest BCUT2D eigenvalue weighted by Gasteiger charge is -2.37. The van der Waals surface area contributed by atoms with Crippen LogP contribution in [0.15, 0.2) is 24.3 Å². The van der Waals surface area contributed by atoms with Gasteiger partial charge in [-0.05, 0) is 25.0 Å². The molecule has 2 aliphatic rings. The Bertz CT molecular complexity index is 509. The molecule has 0 bridgehead atoms. The van der Waals surface area contributed by atoms with E-state index in [4.69, 9.17) is 16.3 Å². The average Bonchev–Trinajstić information content (AvgIpc) is 2.45. The summed E-state index contributed by atoms with van der Waals surface area (Å²) in [4.78, 5) is 14.3. The summed E-state index contributed by atoms with van der Waals surface area (Å²) in [6, 6.07) is 7.52. The second-order valence-electron chi connectivity index (χ2n) is 5.89. The number of nitrogens with zero attached hydrogens (tertiary/aromatic N) is 1. The van der Waals surface area contributed by atoms with E-state index in [0.29, 0.717) is 23.5 Å². The standard InChI is InChI=1S/C16H21ClN2O2.ClH/c17-14-5-1-2-6-15(14)21-11-12-4-3-7-19(10-12)16(20)13-8-18-9-13;/h1-2,5-6,12-13,18H,3-4,7-11H2;1H. The van der Waals surface area contributed by atoms with Crippen molar-refractivity contribution < 1.29 is 9.53 Å². The molecule has 122 valence electrons. The Kier molecular flexibility index (Phi) is 6.36. The number of carbonyl (C=O) groups is 1. The van der Waals surface area contributed by atoms with E-state index >= 15 is 0 Å². The molecule has 1 amide bonds. The Labute approximate surface area is 142 Å². The van der Waals surface area contributed by atoms with Crippen LogP contribution in [-0.2, 0) is 4.79 Å². The quantitative estimate of drug-likeness (QED) is 0.912. The van der Waals surface area contributed by atoms with Crippen LogP contribution >= 0.6 is 24.0 Å². The SMILES string of the molecule is Cl.O=C(C1CNC1)N1CCCC(COc2ccccc2Cl)C1. The molecule has 2 fully saturated rings. The van der Waals surface area contributed by atoms with Crippen LogP contribution in [0.25, 0.3) is 0 Å². The Balaban J connectivity index is 0.00000176. The van der Waals surface area contributed by atoms with E-state index in [0.717, 1.165) is 44.8 Å². The lowest BCUT2D eigenvalue weighted by atomic mass is 9.95. The van der Waals surface area contributed by atoms with Crippen LogP contribution in [-0.4, -0.2) is 43.6 Å². The predicted molar refractivity (Wildman–Crippen MR) is 89.9 cm³/mol. The number of carbonyl (C=O) groups excluding carboxylic acids is 1. The van der Waals surface area contributed by atoms with Crippen LogP contribution in [0.2, 0.25) is 5.02 Å². The van der Waals surface area contributed by atoms with Gasteiger partial charge in [0, 0.05) is 32.1 Å². The van der Waals surface area contributed by atoms with Crippen LogP contribution in [0.4, 0.5) is 0 Å². The Morgan fingerprint density at radius 3 is 2.82 bits per heavy atom. The van der Waals surface area contributed by atoms with E-state index in [1.807, 2.05) is 29.2 Å². The van der Waals surface area contributed by atoms with Crippen molar-refractivity contribution in [1.29, 1.82) is 0 Å². The molecule has 1 unspecified atom stereocenters. The van der Waals surface area contributed by atoms with Gasteiger partial charge in [-0.3, -0.25) is 4.79 Å². The zero-order chi connectivity index (χ0) is 14.7. The molecule has 2 saturated heterocycles. The molecule has 1 aromatic rings. The molecular formula is C16H22Cl2N2O2. The first kappa shape index (κ1) is 17.4. The summed E-state index contributed by atoms with van der Waals surface area (Å²) >= 11 is 6.09. The third kappa shape index (κ3) is 4.06. The number of amides is 1. The first-order valence-corrected chi connectivity index (χ1v) is 7.98. The van der Waals surface area contributed by atoms with Crippen molar-refractivity contribution in [1.82, 2.24) is 10.2 Å². The minimum Gasteiger partial charge on any atom is -0.492 e. The summed E-state index contributed by atoms with van der Waals surface area (Å²) in [5, 5.41) is 3.80. The Morgan fingerprint density at radius 1 is 1.36 bits per heavy atom. The molecule has 6 heteroatoms. The zero-order valence-corrected chi connectivity index (χ0v) is 14.0. The van der Waals surface area contributed by atoms with E-state index in [-0.39, 0.29) is 18.3 Å². The smallest absolute Gasteiger partial charge is 0.228 e. The summed E-state index contributed by atoms with van der Waals surface area (Å²) in [6.07, 6.45) is 2.17. The summed E-state index contributed by atoms with van der Waals surface area (Å²) in [5.74, 6) is 1.61. The topological polar surface area (TPSA) is 41.6 Å². The van der Waals surface area contributed by atoms with Crippen molar-refractivity contribution in [2.75, 3.05) is 32.8 Å². The molecule has 2 heterocycles. The summed E-state index contributed by atoms with van der Waals surface area (Å²) in [6.45, 7) is 3.97.